The van der Waals surface area contributed by atoms with E-state index >= 15 is 0 Å². The van der Waals surface area contributed by atoms with E-state index in [0.717, 1.165) is 11.3 Å². The van der Waals surface area contributed by atoms with Gasteiger partial charge in [0.15, 0.2) is 0 Å². The van der Waals surface area contributed by atoms with Crippen LogP contribution in [0.5, 0.6) is 0 Å². The van der Waals surface area contributed by atoms with Crippen LogP contribution in [0.15, 0.2) is 16.3 Å². The molecule has 0 aliphatic heterocycles. The third-order valence-corrected chi connectivity index (χ3v) is 4.86. The van der Waals surface area contributed by atoms with Gasteiger partial charge in [-0.1, -0.05) is 0 Å². The van der Waals surface area contributed by atoms with Crippen molar-refractivity contribution in [3.63, 3.8) is 0 Å². The highest BCUT2D eigenvalue weighted by atomic mass is 32.2. The minimum absolute atomic E-state index is 0.00582. The van der Waals surface area contributed by atoms with Crippen LogP contribution in [0.3, 0.4) is 0 Å². The number of hydrogen-bond donors (Lipinski definition) is 2. The van der Waals surface area contributed by atoms with Crippen LogP contribution in [0.2, 0.25) is 0 Å². The number of carbonyl (C=O) groups is 1. The molecule has 0 saturated heterocycles. The van der Waals surface area contributed by atoms with Crippen molar-refractivity contribution in [1.82, 2.24) is 4.72 Å². The van der Waals surface area contributed by atoms with Crippen molar-refractivity contribution in [2.45, 2.75) is 23.6 Å². The Balaban J connectivity index is 2.82. The highest BCUT2D eigenvalue weighted by molar-refractivity contribution is 7.91. The van der Waals surface area contributed by atoms with Crippen molar-refractivity contribution in [3.8, 4) is 6.07 Å². The van der Waals surface area contributed by atoms with E-state index in [0.29, 0.717) is 0 Å². The lowest BCUT2D eigenvalue weighted by atomic mass is 10.3. The number of aliphatic carboxylic acids is 1. The molecule has 0 amide bonds. The maximum atomic E-state index is 11.8. The summed E-state index contributed by atoms with van der Waals surface area (Å²) in [6.45, 7) is 1.46. The van der Waals surface area contributed by atoms with Crippen molar-refractivity contribution in [3.05, 3.63) is 17.0 Å². The molecule has 6 nitrogen and oxygen atoms in total. The van der Waals surface area contributed by atoms with E-state index in [4.69, 9.17) is 10.4 Å². The zero-order valence-electron chi connectivity index (χ0n) is 8.87. The molecule has 2 N–H and O–H groups in total. The van der Waals surface area contributed by atoms with Gasteiger partial charge in [0.05, 0.1) is 6.42 Å². The van der Waals surface area contributed by atoms with Crippen LogP contribution < -0.4 is 4.72 Å². The van der Waals surface area contributed by atoms with Crippen molar-refractivity contribution in [1.29, 1.82) is 5.26 Å². The molecule has 0 aliphatic rings. The number of nitrogens with one attached hydrogen (secondary N) is 1. The number of carboxylic acid groups (broad SMARTS) is 1. The number of hydrogen-bond acceptors (Lipinski definition) is 5. The first-order chi connectivity index (χ1) is 7.85. The Morgan fingerprint density at radius 3 is 2.76 bits per heavy atom. The quantitative estimate of drug-likeness (QED) is 0.824. The number of rotatable bonds is 5. The zero-order valence-corrected chi connectivity index (χ0v) is 10.5. The van der Waals surface area contributed by atoms with Crippen LogP contribution in [0.4, 0.5) is 0 Å². The lowest BCUT2D eigenvalue weighted by Crippen LogP contribution is -2.33. The monoisotopic (exact) mass is 274 g/mol. The van der Waals surface area contributed by atoms with Crippen LogP contribution in [0.25, 0.3) is 0 Å². The highest BCUT2D eigenvalue weighted by Crippen LogP contribution is 2.20. The second kappa shape index (κ2) is 5.27. The Bertz CT molecular complexity index is 556. The summed E-state index contributed by atoms with van der Waals surface area (Å²) < 4.78 is 25.7. The minimum atomic E-state index is -3.74. The summed E-state index contributed by atoms with van der Waals surface area (Å²) in [6.07, 6.45) is -0.296. The third-order valence-electron chi connectivity index (χ3n) is 1.79. The molecule has 1 aromatic heterocycles. The van der Waals surface area contributed by atoms with Gasteiger partial charge in [0, 0.05) is 6.04 Å². The van der Waals surface area contributed by atoms with Gasteiger partial charge in [-0.05, 0) is 19.1 Å². The molecule has 0 saturated carbocycles. The van der Waals surface area contributed by atoms with Crippen LogP contribution in [0.1, 0.15) is 18.2 Å². The summed E-state index contributed by atoms with van der Waals surface area (Å²) in [5.74, 6) is -1.08. The fourth-order valence-electron chi connectivity index (χ4n) is 1.15. The molecule has 1 unspecified atom stereocenters. The minimum Gasteiger partial charge on any atom is -0.481 e. The molecule has 0 spiro atoms. The van der Waals surface area contributed by atoms with Gasteiger partial charge in [0.2, 0.25) is 10.0 Å². The van der Waals surface area contributed by atoms with E-state index in [2.05, 4.69) is 4.72 Å². The first-order valence-electron chi connectivity index (χ1n) is 4.59. The second-order valence-corrected chi connectivity index (χ2v) is 6.38. The van der Waals surface area contributed by atoms with Crippen molar-refractivity contribution >= 4 is 27.3 Å². The molecule has 1 heterocycles. The predicted octanol–water partition coefficient (Wildman–Crippen LogP) is 0.761. The Labute approximate surface area is 103 Å². The van der Waals surface area contributed by atoms with Crippen LogP contribution in [-0.2, 0) is 14.8 Å². The van der Waals surface area contributed by atoms with Gasteiger partial charge in [-0.15, -0.1) is 11.3 Å². The van der Waals surface area contributed by atoms with Gasteiger partial charge >= 0.3 is 5.97 Å². The van der Waals surface area contributed by atoms with E-state index < -0.39 is 22.0 Å². The van der Waals surface area contributed by atoms with Crippen LogP contribution >= 0.6 is 11.3 Å². The van der Waals surface area contributed by atoms with E-state index in [1.54, 1.807) is 0 Å². The molecule has 92 valence electrons. The Kier molecular flexibility index (Phi) is 4.22. The van der Waals surface area contributed by atoms with E-state index in [-0.39, 0.29) is 15.5 Å². The summed E-state index contributed by atoms with van der Waals surface area (Å²) in [5, 5.41) is 17.1. The number of carboxylic acids is 1. The van der Waals surface area contributed by atoms with Gasteiger partial charge in [-0.3, -0.25) is 4.79 Å². The largest absolute Gasteiger partial charge is 0.481 e. The zero-order chi connectivity index (χ0) is 13.1. The Hall–Kier alpha value is -1.43. The predicted molar refractivity (Wildman–Crippen MR) is 61.1 cm³/mol. The van der Waals surface area contributed by atoms with Crippen molar-refractivity contribution in [2.75, 3.05) is 0 Å². The van der Waals surface area contributed by atoms with Crippen molar-refractivity contribution in [2.24, 2.45) is 0 Å². The lowest BCUT2D eigenvalue weighted by molar-refractivity contribution is -0.137. The first kappa shape index (κ1) is 13.6. The van der Waals surface area contributed by atoms with E-state index in [9.17, 15) is 13.2 Å². The molecule has 0 fully saturated rings. The van der Waals surface area contributed by atoms with Crippen LogP contribution in [-0.4, -0.2) is 25.5 Å². The molecule has 17 heavy (non-hydrogen) atoms. The molecular weight excluding hydrogens is 264 g/mol. The molecule has 1 aromatic rings. The maximum absolute atomic E-state index is 11.8. The topological polar surface area (TPSA) is 107 Å². The molecule has 0 radical (unpaired) electrons. The fraction of sp³-hybridized carbons (Fsp3) is 0.333. The summed E-state index contributed by atoms with van der Waals surface area (Å²) in [4.78, 5) is 10.7. The standard InChI is InChI=1S/C9H10N2O4S2/c1-6(4-8(12)13)11-17(14,15)9-3-2-7(5-10)16-9/h2-3,6,11H,4H2,1H3,(H,12,13). The SMILES string of the molecule is CC(CC(=O)O)NS(=O)(=O)c1ccc(C#N)s1. The van der Waals surface area contributed by atoms with Gasteiger partial charge in [0.25, 0.3) is 0 Å². The Morgan fingerprint density at radius 2 is 2.29 bits per heavy atom. The number of thiophene rings is 1. The fourth-order valence-corrected chi connectivity index (χ4v) is 3.51. The van der Waals surface area contributed by atoms with Gasteiger partial charge in [-0.2, -0.15) is 5.26 Å². The van der Waals surface area contributed by atoms with Crippen LogP contribution in [0, 0.1) is 11.3 Å². The molecule has 0 aromatic carbocycles. The summed E-state index contributed by atoms with van der Waals surface area (Å²) in [6, 6.07) is 3.86. The lowest BCUT2D eigenvalue weighted by Gasteiger charge is -2.10. The van der Waals surface area contributed by atoms with Gasteiger partial charge in [-0.25, -0.2) is 13.1 Å². The molecule has 1 atom stereocenters. The first-order valence-corrected chi connectivity index (χ1v) is 6.89. The number of nitriles is 1. The second-order valence-electron chi connectivity index (χ2n) is 3.35. The average molecular weight is 274 g/mol. The summed E-state index contributed by atoms with van der Waals surface area (Å²) in [5.41, 5.74) is 0. The van der Waals surface area contributed by atoms with Gasteiger partial charge < -0.3 is 5.11 Å². The maximum Gasteiger partial charge on any atom is 0.304 e. The molecule has 0 bridgehead atoms. The normalized spacial score (nSPS) is 12.9. The molecule has 1 rings (SSSR count). The smallest absolute Gasteiger partial charge is 0.304 e. The summed E-state index contributed by atoms with van der Waals surface area (Å²) in [7, 11) is -3.74. The molecular formula is C9H10N2O4S2. The highest BCUT2D eigenvalue weighted by Gasteiger charge is 2.20. The summed E-state index contributed by atoms with van der Waals surface area (Å²) >= 11 is 0.842. The number of sulfonamides is 1. The molecule has 0 aliphatic carbocycles. The van der Waals surface area contributed by atoms with E-state index in [1.165, 1.54) is 19.1 Å². The van der Waals surface area contributed by atoms with Crippen molar-refractivity contribution < 1.29 is 18.3 Å². The average Bonchev–Trinajstić information content (AvgIpc) is 2.63. The van der Waals surface area contributed by atoms with Gasteiger partial charge in [0.1, 0.15) is 15.2 Å². The third kappa shape index (κ3) is 3.81. The molecule has 8 heteroatoms. The number of nitrogens with zero attached hydrogens (tertiary/aromatic N) is 1. The van der Waals surface area contributed by atoms with E-state index in [1.807, 2.05) is 6.07 Å². The Morgan fingerprint density at radius 1 is 1.65 bits per heavy atom.